The number of hydrogen-bond acceptors (Lipinski definition) is 4. The summed E-state index contributed by atoms with van der Waals surface area (Å²) in [4.78, 5) is 22.8. The first kappa shape index (κ1) is 13.0. The Morgan fingerprint density at radius 3 is 2.62 bits per heavy atom. The summed E-state index contributed by atoms with van der Waals surface area (Å²) in [7, 11) is 0. The molecule has 1 unspecified atom stereocenters. The van der Waals surface area contributed by atoms with Crippen molar-refractivity contribution in [1.82, 2.24) is 0 Å². The molecule has 0 fully saturated rings. The van der Waals surface area contributed by atoms with Crippen LogP contribution in [0.2, 0.25) is 0 Å². The molecule has 0 heterocycles. The van der Waals surface area contributed by atoms with E-state index in [9.17, 15) is 9.59 Å². The summed E-state index contributed by atoms with van der Waals surface area (Å²) in [5.74, 6) is -0.418. The highest BCUT2D eigenvalue weighted by atomic mass is 32.1. The molecule has 0 spiro atoms. The van der Waals surface area contributed by atoms with E-state index < -0.39 is 5.60 Å². The van der Waals surface area contributed by atoms with Crippen molar-refractivity contribution in [2.45, 2.75) is 38.0 Å². The van der Waals surface area contributed by atoms with Crippen LogP contribution in [0.5, 0.6) is 0 Å². The number of thiol groups is 1. The van der Waals surface area contributed by atoms with Gasteiger partial charge in [-0.3, -0.25) is 9.59 Å². The molecule has 0 N–H and O–H groups in total. The van der Waals surface area contributed by atoms with E-state index in [2.05, 4.69) is 12.6 Å². The topological polar surface area (TPSA) is 43.4 Å². The van der Waals surface area contributed by atoms with Crippen LogP contribution >= 0.6 is 12.6 Å². The first-order chi connectivity index (χ1) is 7.28. The normalized spacial score (nSPS) is 20.6. The lowest BCUT2D eigenvalue weighted by Crippen LogP contribution is -2.24. The summed E-state index contributed by atoms with van der Waals surface area (Å²) < 4.78 is 5.16. The Labute approximate surface area is 101 Å². The molecule has 0 aromatic carbocycles. The highest BCUT2D eigenvalue weighted by Gasteiger charge is 2.19. The van der Waals surface area contributed by atoms with Gasteiger partial charge in [-0.15, -0.1) is 0 Å². The van der Waals surface area contributed by atoms with Gasteiger partial charge in [-0.2, -0.15) is 12.6 Å². The van der Waals surface area contributed by atoms with Crippen LogP contribution in [0, 0.1) is 0 Å². The molecule has 0 aliphatic heterocycles. The fourth-order valence-corrected chi connectivity index (χ4v) is 1.44. The van der Waals surface area contributed by atoms with Crippen LogP contribution in [0.25, 0.3) is 0 Å². The molecular weight excluding hydrogens is 224 g/mol. The van der Waals surface area contributed by atoms with Crippen LogP contribution < -0.4 is 0 Å². The number of esters is 1. The lowest BCUT2D eigenvalue weighted by Gasteiger charge is -2.20. The van der Waals surface area contributed by atoms with Crippen molar-refractivity contribution in [2.75, 3.05) is 0 Å². The quantitative estimate of drug-likeness (QED) is 0.593. The molecule has 1 atom stereocenters. The molecule has 0 saturated heterocycles. The Kier molecular flexibility index (Phi) is 3.97. The third-order valence-corrected chi connectivity index (χ3v) is 2.31. The zero-order valence-corrected chi connectivity index (χ0v) is 10.6. The van der Waals surface area contributed by atoms with E-state index in [1.165, 1.54) is 6.08 Å². The van der Waals surface area contributed by atoms with Crippen LogP contribution in [0.1, 0.15) is 27.2 Å². The number of ether oxygens (including phenoxy) is 1. The number of allylic oxidation sites excluding steroid dienone is 2. The number of rotatable bonds is 2. The van der Waals surface area contributed by atoms with Gasteiger partial charge in [0.2, 0.25) is 0 Å². The molecule has 16 heavy (non-hydrogen) atoms. The molecule has 0 radical (unpaired) electrons. The molecule has 0 bridgehead atoms. The van der Waals surface area contributed by atoms with Crippen LogP contribution in [0.4, 0.5) is 0 Å². The lowest BCUT2D eigenvalue weighted by atomic mass is 10.0. The monoisotopic (exact) mass is 240 g/mol. The van der Waals surface area contributed by atoms with Gasteiger partial charge in [-0.1, -0.05) is 12.2 Å². The summed E-state index contributed by atoms with van der Waals surface area (Å²) in [6.45, 7) is 5.43. The molecular formula is C12H16O3S. The zero-order chi connectivity index (χ0) is 12.3. The van der Waals surface area contributed by atoms with E-state index in [-0.39, 0.29) is 23.4 Å². The maximum atomic E-state index is 11.5. The Bertz CT molecular complexity index is 361. The smallest absolute Gasteiger partial charge is 0.310 e. The van der Waals surface area contributed by atoms with E-state index in [0.717, 1.165) is 0 Å². The Balaban J connectivity index is 2.57. The largest absolute Gasteiger partial charge is 0.460 e. The van der Waals surface area contributed by atoms with Crippen molar-refractivity contribution >= 4 is 24.4 Å². The van der Waals surface area contributed by atoms with Crippen molar-refractivity contribution in [3.05, 3.63) is 23.8 Å². The minimum absolute atomic E-state index is 0.0932. The van der Waals surface area contributed by atoms with E-state index in [0.29, 0.717) is 5.57 Å². The third-order valence-electron chi connectivity index (χ3n) is 1.88. The van der Waals surface area contributed by atoms with Crippen LogP contribution in [-0.4, -0.2) is 22.6 Å². The first-order valence-corrected chi connectivity index (χ1v) is 5.62. The fourth-order valence-electron chi connectivity index (χ4n) is 1.28. The second-order valence-corrected chi connectivity index (χ2v) is 5.25. The van der Waals surface area contributed by atoms with Gasteiger partial charge in [0.05, 0.1) is 11.7 Å². The molecule has 4 heteroatoms. The molecule has 0 amide bonds. The second kappa shape index (κ2) is 4.87. The molecule has 0 aromatic rings. The highest BCUT2D eigenvalue weighted by molar-refractivity contribution is 7.82. The van der Waals surface area contributed by atoms with Crippen molar-refractivity contribution in [3.63, 3.8) is 0 Å². The molecule has 88 valence electrons. The van der Waals surface area contributed by atoms with Crippen LogP contribution in [0.3, 0.4) is 0 Å². The standard InChI is InChI=1S/C12H16O3S/c1-12(2,3)15-11(14)7-8-4-5-10(16)9(13)6-8/h4-6,10,16H,7H2,1-3H3. The van der Waals surface area contributed by atoms with Crippen molar-refractivity contribution in [2.24, 2.45) is 0 Å². The Morgan fingerprint density at radius 1 is 1.50 bits per heavy atom. The average Bonchev–Trinajstić information content (AvgIpc) is 2.08. The lowest BCUT2D eigenvalue weighted by molar-refractivity contribution is -0.153. The Morgan fingerprint density at radius 2 is 2.12 bits per heavy atom. The molecule has 1 aliphatic rings. The predicted octanol–water partition coefficient (Wildman–Crippen LogP) is 2.08. The molecule has 1 rings (SSSR count). The third kappa shape index (κ3) is 4.23. The average molecular weight is 240 g/mol. The summed E-state index contributed by atoms with van der Waals surface area (Å²) in [6.07, 6.45) is 4.98. The molecule has 0 aromatic heterocycles. The number of ketones is 1. The van der Waals surface area contributed by atoms with Gasteiger partial charge >= 0.3 is 5.97 Å². The molecule has 3 nitrogen and oxygen atoms in total. The van der Waals surface area contributed by atoms with Crippen molar-refractivity contribution < 1.29 is 14.3 Å². The van der Waals surface area contributed by atoms with Crippen molar-refractivity contribution in [1.29, 1.82) is 0 Å². The van der Waals surface area contributed by atoms with Crippen LogP contribution in [-0.2, 0) is 14.3 Å². The van der Waals surface area contributed by atoms with E-state index in [1.54, 1.807) is 12.2 Å². The Hall–Kier alpha value is -1.03. The van der Waals surface area contributed by atoms with Gasteiger partial charge in [0.15, 0.2) is 5.78 Å². The first-order valence-electron chi connectivity index (χ1n) is 5.10. The number of hydrogen-bond donors (Lipinski definition) is 1. The maximum Gasteiger partial charge on any atom is 0.310 e. The van der Waals surface area contributed by atoms with E-state index in [4.69, 9.17) is 4.74 Å². The molecule has 1 aliphatic carbocycles. The van der Waals surface area contributed by atoms with Gasteiger partial charge in [-0.05, 0) is 32.4 Å². The zero-order valence-electron chi connectivity index (χ0n) is 9.69. The number of carbonyl (C=O) groups is 2. The number of carbonyl (C=O) groups excluding carboxylic acids is 2. The molecule has 0 saturated carbocycles. The van der Waals surface area contributed by atoms with E-state index >= 15 is 0 Å². The minimum atomic E-state index is -0.494. The van der Waals surface area contributed by atoms with Gasteiger partial charge in [0, 0.05) is 0 Å². The summed E-state index contributed by atoms with van der Waals surface area (Å²) in [5.41, 5.74) is 0.177. The fraction of sp³-hybridized carbons (Fsp3) is 0.500. The van der Waals surface area contributed by atoms with E-state index in [1.807, 2.05) is 20.8 Å². The summed E-state index contributed by atoms with van der Waals surface area (Å²) in [6, 6.07) is 0. The summed E-state index contributed by atoms with van der Waals surface area (Å²) in [5, 5.41) is -0.387. The highest BCUT2D eigenvalue weighted by Crippen LogP contribution is 2.17. The SMILES string of the molecule is CC(C)(C)OC(=O)CC1=CC(=O)C(S)C=C1. The second-order valence-electron chi connectivity index (χ2n) is 4.69. The predicted molar refractivity (Wildman–Crippen MR) is 65.5 cm³/mol. The summed E-state index contributed by atoms with van der Waals surface area (Å²) >= 11 is 4.06. The minimum Gasteiger partial charge on any atom is -0.460 e. The van der Waals surface area contributed by atoms with Gasteiger partial charge < -0.3 is 4.74 Å². The van der Waals surface area contributed by atoms with Gasteiger partial charge in [0.25, 0.3) is 0 Å². The van der Waals surface area contributed by atoms with Crippen molar-refractivity contribution in [3.8, 4) is 0 Å². The van der Waals surface area contributed by atoms with Crippen LogP contribution in [0.15, 0.2) is 23.8 Å². The maximum absolute atomic E-state index is 11.5. The van der Waals surface area contributed by atoms with Gasteiger partial charge in [0.1, 0.15) is 5.60 Å². The van der Waals surface area contributed by atoms with Gasteiger partial charge in [-0.25, -0.2) is 0 Å².